The monoisotopic (exact) mass is 324 g/mol. The fourth-order valence-electron chi connectivity index (χ4n) is 1.89. The highest BCUT2D eigenvalue weighted by Crippen LogP contribution is 2.22. The van der Waals surface area contributed by atoms with Crippen LogP contribution in [0.25, 0.3) is 0 Å². The van der Waals surface area contributed by atoms with E-state index in [1.807, 2.05) is 0 Å². The van der Waals surface area contributed by atoms with Crippen LogP contribution in [0, 0.1) is 0 Å². The molecule has 2 rings (SSSR count). The van der Waals surface area contributed by atoms with E-state index in [4.69, 9.17) is 5.73 Å². The van der Waals surface area contributed by atoms with E-state index >= 15 is 0 Å². The zero-order chi connectivity index (χ0) is 12.8. The van der Waals surface area contributed by atoms with E-state index < -0.39 is 0 Å². The molecule has 0 spiro atoms. The highest BCUT2D eigenvalue weighted by molar-refractivity contribution is 9.10. The summed E-state index contributed by atoms with van der Waals surface area (Å²) in [6.07, 6.45) is 0.945. The number of rotatable bonds is 6. The van der Waals surface area contributed by atoms with Gasteiger partial charge in [-0.25, -0.2) is 0 Å². The molecule has 0 saturated carbocycles. The maximum atomic E-state index is 5.63. The Morgan fingerprint density at radius 1 is 1.11 bits per heavy atom. The minimum Gasteiger partial charge on any atom is -0.330 e. The standard InChI is InChI=1S/C14H17BrN2S/c15-13-6-8-18-14(13)10-17-9-12-4-2-1-3-11(12)5-7-16/h1-4,6,8,17H,5,7,9-10,16H2. The number of nitrogens with one attached hydrogen (secondary N) is 1. The van der Waals surface area contributed by atoms with Crippen LogP contribution in [0.2, 0.25) is 0 Å². The van der Waals surface area contributed by atoms with Gasteiger partial charge in [-0.1, -0.05) is 24.3 Å². The molecule has 2 aromatic rings. The van der Waals surface area contributed by atoms with Crippen LogP contribution in [0.1, 0.15) is 16.0 Å². The van der Waals surface area contributed by atoms with E-state index in [2.05, 4.69) is 57.0 Å². The minimum atomic E-state index is 0.702. The Morgan fingerprint density at radius 3 is 2.56 bits per heavy atom. The number of nitrogens with two attached hydrogens (primary N) is 1. The molecule has 0 atom stereocenters. The third-order valence-corrected chi connectivity index (χ3v) is 4.75. The number of halogens is 1. The molecule has 96 valence electrons. The van der Waals surface area contributed by atoms with Crippen LogP contribution in [-0.4, -0.2) is 6.54 Å². The molecule has 4 heteroatoms. The summed E-state index contributed by atoms with van der Waals surface area (Å²) in [6.45, 7) is 2.49. The smallest absolute Gasteiger partial charge is 0.0327 e. The SMILES string of the molecule is NCCc1ccccc1CNCc1sccc1Br. The molecule has 0 amide bonds. The van der Waals surface area contributed by atoms with Gasteiger partial charge in [-0.2, -0.15) is 0 Å². The molecule has 0 radical (unpaired) electrons. The van der Waals surface area contributed by atoms with Crippen molar-refractivity contribution in [3.63, 3.8) is 0 Å². The van der Waals surface area contributed by atoms with E-state index in [1.54, 1.807) is 11.3 Å². The van der Waals surface area contributed by atoms with Gasteiger partial charge in [0.2, 0.25) is 0 Å². The van der Waals surface area contributed by atoms with Crippen molar-refractivity contribution in [3.8, 4) is 0 Å². The zero-order valence-electron chi connectivity index (χ0n) is 10.2. The summed E-state index contributed by atoms with van der Waals surface area (Å²) < 4.78 is 1.19. The summed E-state index contributed by atoms with van der Waals surface area (Å²) in [5.74, 6) is 0. The number of hydrogen-bond acceptors (Lipinski definition) is 3. The minimum absolute atomic E-state index is 0.702. The Hall–Kier alpha value is -0.680. The average Bonchev–Trinajstić information content (AvgIpc) is 2.78. The van der Waals surface area contributed by atoms with E-state index in [1.165, 1.54) is 20.5 Å². The normalized spacial score (nSPS) is 10.8. The Balaban J connectivity index is 1.92. The largest absolute Gasteiger partial charge is 0.330 e. The molecular formula is C14H17BrN2S. The van der Waals surface area contributed by atoms with Crippen molar-refractivity contribution >= 4 is 27.3 Å². The lowest BCUT2D eigenvalue weighted by Crippen LogP contribution is -2.14. The van der Waals surface area contributed by atoms with Crippen molar-refractivity contribution in [2.24, 2.45) is 5.73 Å². The Morgan fingerprint density at radius 2 is 1.89 bits per heavy atom. The number of thiophene rings is 1. The molecule has 0 fully saturated rings. The lowest BCUT2D eigenvalue weighted by Gasteiger charge is -2.09. The van der Waals surface area contributed by atoms with Gasteiger partial charge in [-0.05, 0) is 51.5 Å². The van der Waals surface area contributed by atoms with Gasteiger partial charge in [0.1, 0.15) is 0 Å². The molecule has 1 aromatic carbocycles. The van der Waals surface area contributed by atoms with Crippen LogP contribution in [0.3, 0.4) is 0 Å². The van der Waals surface area contributed by atoms with Crippen LogP contribution >= 0.6 is 27.3 Å². The van der Waals surface area contributed by atoms with Crippen LogP contribution in [0.5, 0.6) is 0 Å². The zero-order valence-corrected chi connectivity index (χ0v) is 12.6. The first-order chi connectivity index (χ1) is 8.81. The molecule has 18 heavy (non-hydrogen) atoms. The highest BCUT2D eigenvalue weighted by Gasteiger charge is 2.03. The molecule has 0 aliphatic carbocycles. The van der Waals surface area contributed by atoms with Gasteiger partial charge < -0.3 is 11.1 Å². The van der Waals surface area contributed by atoms with Gasteiger partial charge in [0.25, 0.3) is 0 Å². The predicted octanol–water partition coefficient (Wildman–Crippen LogP) is 3.30. The lowest BCUT2D eigenvalue weighted by molar-refractivity contribution is 0.693. The summed E-state index contributed by atoms with van der Waals surface area (Å²) in [4.78, 5) is 1.34. The van der Waals surface area contributed by atoms with Gasteiger partial charge >= 0.3 is 0 Å². The fraction of sp³-hybridized carbons (Fsp3) is 0.286. The Kier molecular flexibility index (Phi) is 5.38. The summed E-state index contributed by atoms with van der Waals surface area (Å²) in [5, 5.41) is 5.58. The van der Waals surface area contributed by atoms with E-state index in [0.717, 1.165) is 19.5 Å². The molecule has 2 nitrogen and oxygen atoms in total. The molecule has 1 aromatic heterocycles. The summed E-state index contributed by atoms with van der Waals surface area (Å²) >= 11 is 5.32. The topological polar surface area (TPSA) is 38.0 Å². The van der Waals surface area contributed by atoms with E-state index in [-0.39, 0.29) is 0 Å². The van der Waals surface area contributed by atoms with Crippen LogP contribution in [0.4, 0.5) is 0 Å². The second-order valence-corrected chi connectivity index (χ2v) is 5.96. The average molecular weight is 325 g/mol. The number of benzene rings is 1. The molecule has 0 aliphatic heterocycles. The lowest BCUT2D eigenvalue weighted by atomic mass is 10.0. The first-order valence-electron chi connectivity index (χ1n) is 6.00. The van der Waals surface area contributed by atoms with Crippen molar-refractivity contribution < 1.29 is 0 Å². The molecular weight excluding hydrogens is 308 g/mol. The van der Waals surface area contributed by atoms with E-state index in [9.17, 15) is 0 Å². The second kappa shape index (κ2) is 7.04. The summed E-state index contributed by atoms with van der Waals surface area (Å²) in [6, 6.07) is 10.6. The maximum absolute atomic E-state index is 5.63. The van der Waals surface area contributed by atoms with Crippen molar-refractivity contribution in [2.75, 3.05) is 6.54 Å². The van der Waals surface area contributed by atoms with Crippen molar-refractivity contribution in [1.29, 1.82) is 0 Å². The molecule has 1 heterocycles. The first kappa shape index (κ1) is 13.7. The molecule has 0 bridgehead atoms. The molecule has 0 unspecified atom stereocenters. The quantitative estimate of drug-likeness (QED) is 0.855. The molecule has 0 aliphatic rings. The van der Waals surface area contributed by atoms with Crippen molar-refractivity contribution in [1.82, 2.24) is 5.32 Å². The third kappa shape index (κ3) is 3.65. The third-order valence-electron chi connectivity index (χ3n) is 2.82. The summed E-state index contributed by atoms with van der Waals surface area (Å²) in [7, 11) is 0. The van der Waals surface area contributed by atoms with Crippen molar-refractivity contribution in [3.05, 3.63) is 56.2 Å². The van der Waals surface area contributed by atoms with Gasteiger partial charge in [0.05, 0.1) is 0 Å². The van der Waals surface area contributed by atoms with Gasteiger partial charge in [0.15, 0.2) is 0 Å². The van der Waals surface area contributed by atoms with Crippen LogP contribution in [0.15, 0.2) is 40.2 Å². The Labute approximate surface area is 120 Å². The summed E-state index contributed by atoms with van der Waals surface area (Å²) in [5.41, 5.74) is 8.32. The maximum Gasteiger partial charge on any atom is 0.0327 e. The predicted molar refractivity (Wildman–Crippen MR) is 81.8 cm³/mol. The first-order valence-corrected chi connectivity index (χ1v) is 7.68. The molecule has 3 N–H and O–H groups in total. The number of hydrogen-bond donors (Lipinski definition) is 2. The molecule has 0 saturated heterocycles. The van der Waals surface area contributed by atoms with Crippen molar-refractivity contribution in [2.45, 2.75) is 19.5 Å². The van der Waals surface area contributed by atoms with Gasteiger partial charge in [-0.15, -0.1) is 11.3 Å². The van der Waals surface area contributed by atoms with Gasteiger partial charge in [-0.3, -0.25) is 0 Å². The Bertz CT molecular complexity index is 496. The van der Waals surface area contributed by atoms with Crippen LogP contribution in [-0.2, 0) is 19.5 Å². The van der Waals surface area contributed by atoms with Crippen LogP contribution < -0.4 is 11.1 Å². The fourth-order valence-corrected chi connectivity index (χ4v) is 3.35. The second-order valence-electron chi connectivity index (χ2n) is 4.10. The van der Waals surface area contributed by atoms with Gasteiger partial charge in [0, 0.05) is 22.4 Å². The van der Waals surface area contributed by atoms with E-state index in [0.29, 0.717) is 6.54 Å². The highest BCUT2D eigenvalue weighted by atomic mass is 79.9.